The van der Waals surface area contributed by atoms with Crippen LogP contribution in [0.2, 0.25) is 0 Å². The maximum absolute atomic E-state index is 15.1. The molecule has 27 heavy (non-hydrogen) atoms. The van der Waals surface area contributed by atoms with E-state index in [9.17, 15) is 15.0 Å². The fourth-order valence-electron chi connectivity index (χ4n) is 8.27. The molecule has 4 heteroatoms. The van der Waals surface area contributed by atoms with Crippen LogP contribution in [0, 0.1) is 46.3 Å². The Morgan fingerprint density at radius 1 is 1.11 bits per heavy atom. The number of rotatable bonds is 3. The first-order chi connectivity index (χ1) is 12.7. The van der Waals surface area contributed by atoms with Gasteiger partial charge in [0, 0.05) is 12.5 Å². The van der Waals surface area contributed by atoms with Gasteiger partial charge in [-0.15, -0.1) is 0 Å². The molecule has 2 N–H and O–H groups in total. The standard InChI is InChI=1S/C23H35FO3/c1-13(12-25)16-6-7-17-14-4-5-19-20(24)15(21(26)27)8-10-23(19,3)18(14)9-11-22(16,17)2/h13-14,16-19,25H,4-12H2,1-3H3,(H,26,27)/t13?,14-,16+,17-,18-,19-,22+,23+/m0/s1. The van der Waals surface area contributed by atoms with Gasteiger partial charge in [0.25, 0.3) is 0 Å². The van der Waals surface area contributed by atoms with Crippen LogP contribution in [0.3, 0.4) is 0 Å². The average molecular weight is 379 g/mol. The third-order valence-corrected chi connectivity index (χ3v) is 9.68. The zero-order valence-corrected chi connectivity index (χ0v) is 17.0. The number of carboxylic acid groups (broad SMARTS) is 1. The molecule has 152 valence electrons. The van der Waals surface area contributed by atoms with Crippen LogP contribution < -0.4 is 0 Å². The van der Waals surface area contributed by atoms with Crippen molar-refractivity contribution in [3.05, 3.63) is 11.4 Å². The van der Waals surface area contributed by atoms with E-state index >= 15 is 4.39 Å². The summed E-state index contributed by atoms with van der Waals surface area (Å²) in [6, 6.07) is 0. The molecule has 0 amide bonds. The maximum atomic E-state index is 15.1. The summed E-state index contributed by atoms with van der Waals surface area (Å²) in [5.41, 5.74) is 0.254. The van der Waals surface area contributed by atoms with Crippen LogP contribution in [-0.4, -0.2) is 22.8 Å². The smallest absolute Gasteiger partial charge is 0.334 e. The molecule has 0 aromatic heterocycles. The first-order valence-electron chi connectivity index (χ1n) is 11.0. The lowest BCUT2D eigenvalue weighted by Crippen LogP contribution is -2.53. The number of hydrogen-bond donors (Lipinski definition) is 2. The van der Waals surface area contributed by atoms with Crippen molar-refractivity contribution >= 4 is 5.97 Å². The van der Waals surface area contributed by atoms with Crippen molar-refractivity contribution in [3.63, 3.8) is 0 Å². The van der Waals surface area contributed by atoms with E-state index in [1.165, 1.54) is 19.3 Å². The fourth-order valence-corrected chi connectivity index (χ4v) is 8.27. The molecule has 3 nitrogen and oxygen atoms in total. The van der Waals surface area contributed by atoms with Crippen molar-refractivity contribution in [2.45, 2.75) is 72.1 Å². The van der Waals surface area contributed by atoms with E-state index in [1.54, 1.807) is 0 Å². The number of halogens is 1. The Morgan fingerprint density at radius 3 is 2.48 bits per heavy atom. The molecule has 0 saturated heterocycles. The van der Waals surface area contributed by atoms with Crippen LogP contribution in [0.4, 0.5) is 4.39 Å². The van der Waals surface area contributed by atoms with Gasteiger partial charge in [-0.05, 0) is 91.8 Å². The van der Waals surface area contributed by atoms with E-state index < -0.39 is 5.97 Å². The summed E-state index contributed by atoms with van der Waals surface area (Å²) in [5.74, 6) is 1.21. The largest absolute Gasteiger partial charge is 0.478 e. The molecular formula is C23H35FO3. The molecule has 0 aromatic rings. The van der Waals surface area contributed by atoms with Gasteiger partial charge in [0.15, 0.2) is 0 Å². The summed E-state index contributed by atoms with van der Waals surface area (Å²) in [7, 11) is 0. The number of aliphatic carboxylic acids is 1. The van der Waals surface area contributed by atoms with Crippen molar-refractivity contribution in [1.29, 1.82) is 0 Å². The second-order valence-corrected chi connectivity index (χ2v) is 10.5. The van der Waals surface area contributed by atoms with Crippen molar-refractivity contribution in [2.75, 3.05) is 6.61 Å². The zero-order valence-electron chi connectivity index (χ0n) is 17.0. The molecule has 4 rings (SSSR count). The average Bonchev–Trinajstić information content (AvgIpc) is 2.98. The maximum Gasteiger partial charge on any atom is 0.334 e. The summed E-state index contributed by atoms with van der Waals surface area (Å²) < 4.78 is 15.1. The minimum absolute atomic E-state index is 0.0364. The van der Waals surface area contributed by atoms with Crippen LogP contribution in [0.15, 0.2) is 11.4 Å². The number of fused-ring (bicyclic) bond motifs is 5. The lowest BCUT2D eigenvalue weighted by atomic mass is 9.45. The lowest BCUT2D eigenvalue weighted by molar-refractivity contribution is -0.134. The Labute approximate surface area is 162 Å². The number of aliphatic hydroxyl groups excluding tert-OH is 1. The number of carbonyl (C=O) groups is 1. The number of aliphatic hydroxyl groups is 1. The highest BCUT2D eigenvalue weighted by atomic mass is 19.1. The van der Waals surface area contributed by atoms with E-state index in [0.29, 0.717) is 41.4 Å². The zero-order chi connectivity index (χ0) is 19.6. The summed E-state index contributed by atoms with van der Waals surface area (Å²) in [5, 5.41) is 19.1. The Balaban J connectivity index is 1.63. The van der Waals surface area contributed by atoms with Crippen LogP contribution in [0.1, 0.15) is 72.1 Å². The minimum Gasteiger partial charge on any atom is -0.478 e. The molecule has 0 aromatic carbocycles. The second kappa shape index (κ2) is 6.57. The Hall–Kier alpha value is -0.900. The molecule has 4 aliphatic carbocycles. The van der Waals surface area contributed by atoms with E-state index in [0.717, 1.165) is 25.7 Å². The van der Waals surface area contributed by atoms with Gasteiger partial charge in [-0.25, -0.2) is 9.18 Å². The predicted octanol–water partition coefficient (Wildman–Crippen LogP) is 5.19. The van der Waals surface area contributed by atoms with Gasteiger partial charge < -0.3 is 10.2 Å². The fraction of sp³-hybridized carbons (Fsp3) is 0.870. The molecule has 3 fully saturated rings. The molecule has 1 unspecified atom stereocenters. The molecule has 0 aliphatic heterocycles. The third-order valence-electron chi connectivity index (χ3n) is 9.68. The third kappa shape index (κ3) is 2.65. The summed E-state index contributed by atoms with van der Waals surface area (Å²) in [4.78, 5) is 11.4. The lowest BCUT2D eigenvalue weighted by Gasteiger charge is -2.60. The summed E-state index contributed by atoms with van der Waals surface area (Å²) >= 11 is 0. The summed E-state index contributed by atoms with van der Waals surface area (Å²) in [6.07, 6.45) is 7.79. The molecule has 0 spiro atoms. The van der Waals surface area contributed by atoms with E-state index in [-0.39, 0.29) is 29.3 Å². The highest BCUT2D eigenvalue weighted by Crippen LogP contribution is 2.68. The first-order valence-corrected chi connectivity index (χ1v) is 11.0. The van der Waals surface area contributed by atoms with Gasteiger partial charge in [0.05, 0.1) is 5.57 Å². The molecular weight excluding hydrogens is 343 g/mol. The highest BCUT2D eigenvalue weighted by Gasteiger charge is 2.61. The van der Waals surface area contributed by atoms with Gasteiger partial charge in [0.2, 0.25) is 0 Å². The van der Waals surface area contributed by atoms with E-state index in [4.69, 9.17) is 0 Å². The van der Waals surface area contributed by atoms with Crippen molar-refractivity contribution in [2.24, 2.45) is 46.3 Å². The van der Waals surface area contributed by atoms with Gasteiger partial charge in [-0.2, -0.15) is 0 Å². The van der Waals surface area contributed by atoms with Crippen molar-refractivity contribution in [1.82, 2.24) is 0 Å². The van der Waals surface area contributed by atoms with Gasteiger partial charge in [0.1, 0.15) is 5.83 Å². The van der Waals surface area contributed by atoms with Crippen molar-refractivity contribution in [3.8, 4) is 0 Å². The Bertz CT molecular complexity index is 658. The monoisotopic (exact) mass is 378 g/mol. The quantitative estimate of drug-likeness (QED) is 0.710. The van der Waals surface area contributed by atoms with Crippen LogP contribution >= 0.6 is 0 Å². The van der Waals surface area contributed by atoms with E-state index in [1.807, 2.05) is 0 Å². The minimum atomic E-state index is -1.07. The normalized spacial score (nSPS) is 47.8. The molecule has 8 atom stereocenters. The summed E-state index contributed by atoms with van der Waals surface area (Å²) in [6.45, 7) is 7.17. The molecule has 4 aliphatic rings. The number of carboxylic acids is 1. The van der Waals surface area contributed by atoms with Crippen molar-refractivity contribution < 1.29 is 19.4 Å². The van der Waals surface area contributed by atoms with Crippen LogP contribution in [0.5, 0.6) is 0 Å². The SMILES string of the molecule is CC(CO)[C@H]1CC[C@H]2[C@@H]3CC[C@H]4C(F)=C(C(=O)O)CC[C@]4(C)[C@H]3CC[C@]12C. The molecule has 0 bridgehead atoms. The molecule has 0 heterocycles. The molecule has 0 radical (unpaired) electrons. The number of hydrogen-bond acceptors (Lipinski definition) is 2. The van der Waals surface area contributed by atoms with E-state index in [2.05, 4.69) is 20.8 Å². The van der Waals surface area contributed by atoms with Crippen LogP contribution in [-0.2, 0) is 4.79 Å². The second-order valence-electron chi connectivity index (χ2n) is 10.5. The Morgan fingerprint density at radius 2 is 1.81 bits per heavy atom. The highest BCUT2D eigenvalue weighted by molar-refractivity contribution is 5.87. The predicted molar refractivity (Wildman–Crippen MR) is 103 cm³/mol. The van der Waals surface area contributed by atoms with Crippen LogP contribution in [0.25, 0.3) is 0 Å². The molecule has 3 saturated carbocycles. The van der Waals surface area contributed by atoms with Gasteiger partial charge in [-0.1, -0.05) is 20.8 Å². The first kappa shape index (κ1) is 19.4. The number of allylic oxidation sites excluding steroid dienone is 1. The van der Waals surface area contributed by atoms with Gasteiger partial charge in [-0.3, -0.25) is 0 Å². The Kier molecular flexibility index (Phi) is 4.73. The van der Waals surface area contributed by atoms with Gasteiger partial charge >= 0.3 is 5.97 Å². The topological polar surface area (TPSA) is 57.5 Å².